The maximum atomic E-state index is 12.7. The average Bonchev–Trinajstić information content (AvgIpc) is 2.58. The number of hydrogen-bond acceptors (Lipinski definition) is 5. The van der Waals surface area contributed by atoms with Crippen molar-refractivity contribution in [2.75, 3.05) is 10.7 Å². The van der Waals surface area contributed by atoms with Crippen LogP contribution < -0.4 is 16.2 Å². The van der Waals surface area contributed by atoms with Crippen molar-refractivity contribution in [2.45, 2.75) is 13.1 Å². The Balaban J connectivity index is 2.12. The monoisotopic (exact) mass is 382 g/mol. The molecule has 0 spiro atoms. The van der Waals surface area contributed by atoms with E-state index < -0.39 is 28.3 Å². The molecule has 0 bridgehead atoms. The topological polar surface area (TPSA) is 113 Å². The summed E-state index contributed by atoms with van der Waals surface area (Å²) < 4.78 is 38.0. The molecule has 0 saturated heterocycles. The summed E-state index contributed by atoms with van der Waals surface area (Å²) in [4.78, 5) is 33.0. The molecule has 2 aromatic rings. The molecule has 8 nitrogen and oxygen atoms in total. The second kappa shape index (κ2) is 7.72. The van der Waals surface area contributed by atoms with Crippen LogP contribution in [-0.4, -0.2) is 16.7 Å². The van der Waals surface area contributed by atoms with Gasteiger partial charge in [-0.1, -0.05) is 0 Å². The summed E-state index contributed by atoms with van der Waals surface area (Å²) in [6.07, 6.45) is -4.73. The summed E-state index contributed by atoms with van der Waals surface area (Å²) in [6, 6.07) is 7.60. The average molecular weight is 382 g/mol. The predicted molar refractivity (Wildman–Crippen MR) is 89.9 cm³/mol. The number of hydrazine groups is 1. The molecule has 142 valence electrons. The van der Waals surface area contributed by atoms with Crippen molar-refractivity contribution < 1.29 is 27.7 Å². The highest BCUT2D eigenvalue weighted by molar-refractivity contribution is 5.96. The van der Waals surface area contributed by atoms with Gasteiger partial charge in [-0.2, -0.15) is 13.2 Å². The molecule has 2 aromatic carbocycles. The molecule has 0 unspecified atom stereocenters. The van der Waals surface area contributed by atoms with Gasteiger partial charge in [0, 0.05) is 24.2 Å². The molecule has 0 aliphatic carbocycles. The van der Waals surface area contributed by atoms with Crippen LogP contribution in [0.15, 0.2) is 42.5 Å². The largest absolute Gasteiger partial charge is 0.416 e. The minimum Gasteiger partial charge on any atom is -0.326 e. The predicted octanol–water partition coefficient (Wildman–Crippen LogP) is 3.33. The summed E-state index contributed by atoms with van der Waals surface area (Å²) in [6.45, 7) is 1.32. The SMILES string of the molecule is CC(=O)Nc1ccc(C(=O)NNc2ccc(C(F)(F)F)cc2[N+](=O)[O-])cc1. The van der Waals surface area contributed by atoms with E-state index in [0.717, 1.165) is 6.07 Å². The van der Waals surface area contributed by atoms with Crippen LogP contribution in [0.25, 0.3) is 0 Å². The number of hydrogen-bond donors (Lipinski definition) is 3. The van der Waals surface area contributed by atoms with E-state index in [1.807, 2.05) is 0 Å². The number of rotatable bonds is 5. The van der Waals surface area contributed by atoms with Crippen LogP contribution in [0.4, 0.5) is 30.2 Å². The minimum atomic E-state index is -4.73. The van der Waals surface area contributed by atoms with Crippen LogP contribution in [0.1, 0.15) is 22.8 Å². The molecular formula is C16H13F3N4O4. The molecule has 27 heavy (non-hydrogen) atoms. The van der Waals surface area contributed by atoms with Crippen molar-refractivity contribution in [1.82, 2.24) is 5.43 Å². The van der Waals surface area contributed by atoms with Gasteiger partial charge in [0.05, 0.1) is 10.5 Å². The van der Waals surface area contributed by atoms with Crippen molar-refractivity contribution in [3.05, 3.63) is 63.7 Å². The molecular weight excluding hydrogens is 369 g/mol. The number of carbonyl (C=O) groups excluding carboxylic acids is 2. The Bertz CT molecular complexity index is 882. The van der Waals surface area contributed by atoms with Gasteiger partial charge >= 0.3 is 6.18 Å². The summed E-state index contributed by atoms with van der Waals surface area (Å²) in [5.74, 6) is -0.970. The number of halogens is 3. The highest BCUT2D eigenvalue weighted by Crippen LogP contribution is 2.34. The molecule has 0 fully saturated rings. The summed E-state index contributed by atoms with van der Waals surface area (Å²) in [7, 11) is 0. The van der Waals surface area contributed by atoms with Gasteiger partial charge in [-0.25, -0.2) is 0 Å². The Morgan fingerprint density at radius 2 is 1.70 bits per heavy atom. The Labute approximate surface area is 150 Å². The van der Waals surface area contributed by atoms with E-state index in [2.05, 4.69) is 16.2 Å². The zero-order valence-electron chi connectivity index (χ0n) is 13.8. The molecule has 0 atom stereocenters. The highest BCUT2D eigenvalue weighted by Gasteiger charge is 2.33. The summed E-state index contributed by atoms with van der Waals surface area (Å²) >= 11 is 0. The lowest BCUT2D eigenvalue weighted by Crippen LogP contribution is -2.29. The van der Waals surface area contributed by atoms with E-state index in [-0.39, 0.29) is 17.2 Å². The fourth-order valence-corrected chi connectivity index (χ4v) is 2.07. The van der Waals surface area contributed by atoms with Crippen LogP contribution in [0, 0.1) is 10.1 Å². The van der Waals surface area contributed by atoms with Crippen LogP contribution in [0.3, 0.4) is 0 Å². The lowest BCUT2D eigenvalue weighted by molar-refractivity contribution is -0.384. The lowest BCUT2D eigenvalue weighted by Gasteiger charge is -2.11. The van der Waals surface area contributed by atoms with Gasteiger partial charge in [-0.05, 0) is 36.4 Å². The lowest BCUT2D eigenvalue weighted by atomic mass is 10.1. The third-order valence-corrected chi connectivity index (χ3v) is 3.30. The molecule has 0 saturated carbocycles. The molecule has 0 heterocycles. The van der Waals surface area contributed by atoms with Gasteiger partial charge in [0.1, 0.15) is 5.69 Å². The highest BCUT2D eigenvalue weighted by atomic mass is 19.4. The Morgan fingerprint density at radius 3 is 2.22 bits per heavy atom. The van der Waals surface area contributed by atoms with E-state index in [4.69, 9.17) is 0 Å². The van der Waals surface area contributed by atoms with Gasteiger partial charge in [0.15, 0.2) is 0 Å². The fourth-order valence-electron chi connectivity index (χ4n) is 2.07. The number of anilines is 2. The third kappa shape index (κ3) is 5.17. The van der Waals surface area contributed by atoms with Crippen LogP contribution in [-0.2, 0) is 11.0 Å². The quantitative estimate of drug-likeness (QED) is 0.542. The Morgan fingerprint density at radius 1 is 1.07 bits per heavy atom. The second-order valence-corrected chi connectivity index (χ2v) is 5.32. The van der Waals surface area contributed by atoms with Crippen molar-refractivity contribution >= 4 is 28.9 Å². The van der Waals surface area contributed by atoms with Crippen molar-refractivity contribution in [1.29, 1.82) is 0 Å². The maximum absolute atomic E-state index is 12.7. The van der Waals surface area contributed by atoms with Crippen LogP contribution in [0.2, 0.25) is 0 Å². The number of benzene rings is 2. The summed E-state index contributed by atoms with van der Waals surface area (Å²) in [5.41, 5.74) is 2.70. The zero-order chi connectivity index (χ0) is 20.2. The van der Waals surface area contributed by atoms with Crippen molar-refractivity contribution in [3.8, 4) is 0 Å². The molecule has 2 rings (SSSR count). The van der Waals surface area contributed by atoms with Gasteiger partial charge in [0.25, 0.3) is 11.6 Å². The molecule has 0 radical (unpaired) electrons. The van der Waals surface area contributed by atoms with Gasteiger partial charge in [-0.15, -0.1) is 0 Å². The van der Waals surface area contributed by atoms with E-state index in [1.165, 1.54) is 31.2 Å². The van der Waals surface area contributed by atoms with Gasteiger partial charge < -0.3 is 5.32 Å². The van der Waals surface area contributed by atoms with Gasteiger partial charge in [-0.3, -0.25) is 30.6 Å². The zero-order valence-corrected chi connectivity index (χ0v) is 13.8. The van der Waals surface area contributed by atoms with Crippen molar-refractivity contribution in [2.24, 2.45) is 0 Å². The molecule has 2 amide bonds. The van der Waals surface area contributed by atoms with Crippen LogP contribution in [0.5, 0.6) is 0 Å². The number of nitro benzene ring substituents is 1. The first-order valence-corrected chi connectivity index (χ1v) is 7.37. The normalized spacial score (nSPS) is 10.8. The first kappa shape index (κ1) is 19.7. The molecule has 0 aliphatic rings. The van der Waals surface area contributed by atoms with Crippen LogP contribution >= 0.6 is 0 Å². The Kier molecular flexibility index (Phi) is 5.63. The standard InChI is InChI=1S/C16H13F3N4O4/c1-9(24)20-12-5-2-10(3-6-12)15(25)22-21-13-7-4-11(16(17,18)19)8-14(13)23(26)27/h2-8,21H,1H3,(H,20,24)(H,22,25). The molecule has 0 aromatic heterocycles. The van der Waals surface area contributed by atoms with E-state index in [0.29, 0.717) is 17.8 Å². The fraction of sp³-hybridized carbons (Fsp3) is 0.125. The van der Waals surface area contributed by atoms with Gasteiger partial charge in [0.2, 0.25) is 5.91 Å². The first-order chi connectivity index (χ1) is 12.6. The van der Waals surface area contributed by atoms with E-state index in [9.17, 15) is 32.9 Å². The number of carbonyl (C=O) groups is 2. The third-order valence-electron chi connectivity index (χ3n) is 3.30. The number of nitrogens with zero attached hydrogens (tertiary/aromatic N) is 1. The van der Waals surface area contributed by atoms with E-state index >= 15 is 0 Å². The second-order valence-electron chi connectivity index (χ2n) is 5.32. The number of nitro groups is 1. The maximum Gasteiger partial charge on any atom is 0.416 e. The Hall–Kier alpha value is -3.63. The first-order valence-electron chi connectivity index (χ1n) is 7.37. The van der Waals surface area contributed by atoms with E-state index in [1.54, 1.807) is 0 Å². The molecule has 11 heteroatoms. The van der Waals surface area contributed by atoms with Crippen molar-refractivity contribution in [3.63, 3.8) is 0 Å². The minimum absolute atomic E-state index is 0.158. The number of nitrogens with one attached hydrogen (secondary N) is 3. The molecule has 3 N–H and O–H groups in total. The number of alkyl halides is 3. The number of amides is 2. The summed E-state index contributed by atoms with van der Waals surface area (Å²) in [5, 5.41) is 13.5. The molecule has 0 aliphatic heterocycles. The smallest absolute Gasteiger partial charge is 0.326 e.